The van der Waals surface area contributed by atoms with Crippen LogP contribution in [-0.2, 0) is 4.79 Å². The maximum Gasteiger partial charge on any atom is 0.253 e. The normalized spacial score (nSPS) is 18.2. The van der Waals surface area contributed by atoms with Crippen LogP contribution in [0.25, 0.3) is 0 Å². The fraction of sp³-hybridized carbons (Fsp3) is 0.273. The molecule has 0 saturated carbocycles. The van der Waals surface area contributed by atoms with Gasteiger partial charge >= 0.3 is 0 Å². The van der Waals surface area contributed by atoms with Crippen LogP contribution in [0.5, 0.6) is 11.5 Å². The minimum atomic E-state index is -0.339. The van der Waals surface area contributed by atoms with Gasteiger partial charge in [-0.2, -0.15) is 0 Å². The molecule has 0 unspecified atom stereocenters. The van der Waals surface area contributed by atoms with Gasteiger partial charge in [-0.05, 0) is 49.0 Å². The van der Waals surface area contributed by atoms with Gasteiger partial charge in [0.1, 0.15) is 13.2 Å². The van der Waals surface area contributed by atoms with E-state index in [1.165, 1.54) is 0 Å². The number of hydrogen-bond acceptors (Lipinski definition) is 4. The largest absolute Gasteiger partial charge is 0.486 e. The molecule has 0 radical (unpaired) electrons. The molecule has 1 amide bonds. The molecular weight excluding hydrogens is 466 g/mol. The number of nitrogens with one attached hydrogen (secondary N) is 1. The summed E-state index contributed by atoms with van der Waals surface area (Å²) < 4.78 is 12.3. The van der Waals surface area contributed by atoms with Gasteiger partial charge in [-0.1, -0.05) is 28.1 Å². The minimum absolute atomic E-state index is 0.0713. The lowest BCUT2D eigenvalue weighted by atomic mass is 9.94. The van der Waals surface area contributed by atoms with Crippen molar-refractivity contribution in [3.05, 3.63) is 63.8 Å². The predicted molar refractivity (Wildman–Crippen MR) is 124 cm³/mol. The van der Waals surface area contributed by atoms with Crippen molar-refractivity contribution >= 4 is 44.9 Å². The molecule has 0 fully saturated rings. The summed E-state index contributed by atoms with van der Waals surface area (Å²) in [5, 5.41) is 3.88. The molecule has 0 spiro atoms. The maximum absolute atomic E-state index is 13.2. The Morgan fingerprint density at radius 2 is 1.80 bits per heavy atom. The quantitative estimate of drug-likeness (QED) is 0.659. The summed E-state index contributed by atoms with van der Waals surface area (Å²) in [5.41, 5.74) is 3.20. The number of hydrogen-bond donors (Lipinski definition) is 1. The van der Waals surface area contributed by atoms with Crippen molar-refractivity contribution < 1.29 is 14.3 Å². The second-order valence-electron chi connectivity index (χ2n) is 7.30. The van der Waals surface area contributed by atoms with Gasteiger partial charge in [-0.25, -0.2) is 0 Å². The molecule has 0 aromatic heterocycles. The van der Waals surface area contributed by atoms with Crippen molar-refractivity contribution in [2.75, 3.05) is 32.2 Å². The van der Waals surface area contributed by atoms with Gasteiger partial charge < -0.3 is 19.7 Å². The first kappa shape index (κ1) is 20.7. The van der Waals surface area contributed by atoms with Crippen molar-refractivity contribution in [1.82, 2.24) is 10.2 Å². The summed E-state index contributed by atoms with van der Waals surface area (Å²) in [5.74, 6) is 1.31. The third kappa shape index (κ3) is 3.77. The molecule has 156 valence electrons. The molecule has 2 heterocycles. The van der Waals surface area contributed by atoms with E-state index in [2.05, 4.69) is 21.2 Å². The van der Waals surface area contributed by atoms with Gasteiger partial charge in [0.05, 0.1) is 17.3 Å². The topological polar surface area (TPSA) is 54.0 Å². The van der Waals surface area contributed by atoms with Crippen molar-refractivity contribution in [2.24, 2.45) is 0 Å². The number of benzene rings is 2. The lowest BCUT2D eigenvalue weighted by Crippen LogP contribution is -2.49. The number of amides is 1. The van der Waals surface area contributed by atoms with Gasteiger partial charge in [0.15, 0.2) is 16.6 Å². The number of likely N-dealkylation sites (N-methyl/N-ethyl adjacent to an activating group) is 1. The molecule has 0 bridgehead atoms. The van der Waals surface area contributed by atoms with Crippen LogP contribution in [0.3, 0.4) is 0 Å². The van der Waals surface area contributed by atoms with Crippen LogP contribution in [0.1, 0.15) is 18.5 Å². The fourth-order valence-corrected chi connectivity index (χ4v) is 4.27. The van der Waals surface area contributed by atoms with E-state index < -0.39 is 0 Å². The van der Waals surface area contributed by atoms with E-state index in [9.17, 15) is 4.79 Å². The van der Waals surface area contributed by atoms with E-state index in [1.54, 1.807) is 19.0 Å². The first-order valence-corrected chi connectivity index (χ1v) is 10.7. The highest BCUT2D eigenvalue weighted by Gasteiger charge is 2.35. The molecule has 4 rings (SSSR count). The lowest BCUT2D eigenvalue weighted by Gasteiger charge is -2.38. The summed E-state index contributed by atoms with van der Waals surface area (Å²) >= 11 is 9.19. The molecule has 0 aliphatic carbocycles. The molecular formula is C22H22BrN3O3S. The molecule has 30 heavy (non-hydrogen) atoms. The van der Waals surface area contributed by atoms with Gasteiger partial charge in [-0.3, -0.25) is 9.69 Å². The lowest BCUT2D eigenvalue weighted by molar-refractivity contribution is -0.125. The number of anilines is 1. The number of ether oxygens (including phenoxy) is 2. The molecule has 8 heteroatoms. The average Bonchev–Trinajstić information content (AvgIpc) is 2.73. The van der Waals surface area contributed by atoms with Crippen LogP contribution >= 0.6 is 28.1 Å². The Bertz CT molecular complexity index is 1040. The molecule has 2 aromatic carbocycles. The third-order valence-electron chi connectivity index (χ3n) is 5.11. The zero-order chi connectivity index (χ0) is 21.4. The van der Waals surface area contributed by atoms with Crippen LogP contribution < -0.4 is 19.7 Å². The summed E-state index contributed by atoms with van der Waals surface area (Å²) in [6.45, 7) is 2.96. The second kappa shape index (κ2) is 8.28. The Hall–Kier alpha value is -2.58. The van der Waals surface area contributed by atoms with Crippen LogP contribution in [0.4, 0.5) is 5.69 Å². The third-order valence-corrected chi connectivity index (χ3v) is 5.94. The van der Waals surface area contributed by atoms with Crippen molar-refractivity contribution in [1.29, 1.82) is 0 Å². The zero-order valence-corrected chi connectivity index (χ0v) is 19.3. The Morgan fingerprint density at radius 3 is 2.47 bits per heavy atom. The van der Waals surface area contributed by atoms with E-state index in [0.717, 1.165) is 21.4 Å². The number of carbonyl (C=O) groups excluding carboxylic acids is 1. The number of allylic oxidation sites excluding steroid dienone is 1. The Labute approximate surface area is 189 Å². The number of carbonyl (C=O) groups is 1. The maximum atomic E-state index is 13.2. The van der Waals surface area contributed by atoms with E-state index in [1.807, 2.05) is 54.3 Å². The van der Waals surface area contributed by atoms with Gasteiger partial charge in [0, 0.05) is 30.3 Å². The monoisotopic (exact) mass is 487 g/mol. The Kier molecular flexibility index (Phi) is 5.71. The molecule has 1 N–H and O–H groups in total. The Balaban J connectivity index is 1.81. The number of thiocarbonyl (C=S) groups is 1. The average molecular weight is 488 g/mol. The van der Waals surface area contributed by atoms with Crippen molar-refractivity contribution in [3.63, 3.8) is 0 Å². The molecule has 0 saturated heterocycles. The second-order valence-corrected chi connectivity index (χ2v) is 8.60. The van der Waals surface area contributed by atoms with Crippen LogP contribution in [-0.4, -0.2) is 43.2 Å². The Morgan fingerprint density at radius 1 is 1.13 bits per heavy atom. The van der Waals surface area contributed by atoms with Crippen molar-refractivity contribution in [3.8, 4) is 11.5 Å². The standard InChI is InChI=1S/C22H22BrN3O3S/c1-13-19(21(27)25(2)3)20(14-4-6-15(23)7-5-14)24-22(30)26(13)16-8-9-17-18(12-16)29-11-10-28-17/h4-9,12,20H,10-11H2,1-3H3,(H,24,30)/t20-/m0/s1. The number of rotatable bonds is 3. The van der Waals surface area contributed by atoms with E-state index in [-0.39, 0.29) is 11.9 Å². The zero-order valence-electron chi connectivity index (χ0n) is 16.9. The number of halogens is 1. The van der Waals surface area contributed by atoms with E-state index in [0.29, 0.717) is 35.4 Å². The number of nitrogens with zero attached hydrogens (tertiary/aromatic N) is 2. The van der Waals surface area contributed by atoms with Crippen LogP contribution in [0, 0.1) is 0 Å². The smallest absolute Gasteiger partial charge is 0.253 e. The van der Waals surface area contributed by atoms with Crippen molar-refractivity contribution in [2.45, 2.75) is 13.0 Å². The molecule has 2 aliphatic heterocycles. The van der Waals surface area contributed by atoms with E-state index in [4.69, 9.17) is 21.7 Å². The molecule has 1 atom stereocenters. The van der Waals surface area contributed by atoms with Gasteiger partial charge in [0.2, 0.25) is 0 Å². The van der Waals surface area contributed by atoms with Crippen LogP contribution in [0.2, 0.25) is 0 Å². The highest BCUT2D eigenvalue weighted by atomic mass is 79.9. The molecule has 6 nitrogen and oxygen atoms in total. The first-order valence-electron chi connectivity index (χ1n) is 9.55. The summed E-state index contributed by atoms with van der Waals surface area (Å²) in [7, 11) is 3.51. The number of fused-ring (bicyclic) bond motifs is 1. The highest BCUT2D eigenvalue weighted by molar-refractivity contribution is 9.10. The first-order chi connectivity index (χ1) is 14.4. The fourth-order valence-electron chi connectivity index (χ4n) is 3.65. The summed E-state index contributed by atoms with van der Waals surface area (Å²) in [6, 6.07) is 13.2. The highest BCUT2D eigenvalue weighted by Crippen LogP contribution is 2.39. The summed E-state index contributed by atoms with van der Waals surface area (Å²) in [4.78, 5) is 16.6. The van der Waals surface area contributed by atoms with Crippen LogP contribution in [0.15, 0.2) is 58.2 Å². The van der Waals surface area contributed by atoms with Gasteiger partial charge in [-0.15, -0.1) is 0 Å². The van der Waals surface area contributed by atoms with E-state index >= 15 is 0 Å². The SMILES string of the molecule is CC1=C(C(=O)N(C)C)[C@H](c2ccc(Br)cc2)NC(=S)N1c1ccc2c(c1)OCCO2. The predicted octanol–water partition coefficient (Wildman–Crippen LogP) is 4.02. The molecule has 2 aliphatic rings. The minimum Gasteiger partial charge on any atom is -0.486 e. The summed E-state index contributed by atoms with van der Waals surface area (Å²) in [6.07, 6.45) is 0. The van der Waals surface area contributed by atoms with Gasteiger partial charge in [0.25, 0.3) is 5.91 Å². The molecule has 2 aromatic rings.